The number of aliphatic hydroxyl groups excluding tert-OH is 1. The van der Waals surface area contributed by atoms with Crippen LogP contribution in [0.4, 0.5) is 4.39 Å². The number of hydrogen-bond donors (Lipinski definition) is 1. The zero-order chi connectivity index (χ0) is 13.3. The Hall–Kier alpha value is -1.42. The van der Waals surface area contributed by atoms with Gasteiger partial charge in [0.15, 0.2) is 0 Å². The highest BCUT2D eigenvalue weighted by Gasteiger charge is 2.48. The van der Waals surface area contributed by atoms with Gasteiger partial charge in [-0.25, -0.2) is 4.39 Å². The van der Waals surface area contributed by atoms with Crippen LogP contribution in [0.15, 0.2) is 18.2 Å². The molecule has 0 saturated heterocycles. The van der Waals surface area contributed by atoms with Crippen molar-refractivity contribution < 1.29 is 19.0 Å². The maximum Gasteiger partial charge on any atom is 0.316 e. The topological polar surface area (TPSA) is 46.5 Å². The molecule has 0 aromatic heterocycles. The highest BCUT2D eigenvalue weighted by molar-refractivity contribution is 5.84. The molecule has 0 amide bonds. The maximum atomic E-state index is 13.7. The van der Waals surface area contributed by atoms with E-state index in [-0.39, 0.29) is 5.82 Å². The number of carbonyl (C=O) groups is 1. The normalized spacial score (nSPS) is 27.2. The lowest BCUT2D eigenvalue weighted by molar-refractivity contribution is -0.147. The van der Waals surface area contributed by atoms with E-state index in [2.05, 4.69) is 0 Å². The van der Waals surface area contributed by atoms with Crippen molar-refractivity contribution in [1.82, 2.24) is 0 Å². The lowest BCUT2D eigenvalue weighted by Crippen LogP contribution is -2.36. The zero-order valence-corrected chi connectivity index (χ0v) is 10.6. The van der Waals surface area contributed by atoms with E-state index in [9.17, 15) is 14.3 Å². The predicted octanol–water partition coefficient (Wildman–Crippen LogP) is 2.09. The highest BCUT2D eigenvalue weighted by Crippen LogP contribution is 2.43. The largest absolute Gasteiger partial charge is 0.468 e. The van der Waals surface area contributed by atoms with Crippen LogP contribution >= 0.6 is 0 Å². The van der Waals surface area contributed by atoms with Gasteiger partial charge in [0.05, 0.1) is 18.6 Å². The average molecular weight is 252 g/mol. The van der Waals surface area contributed by atoms with Gasteiger partial charge in [-0.2, -0.15) is 0 Å². The van der Waals surface area contributed by atoms with Crippen molar-refractivity contribution in [3.05, 3.63) is 35.1 Å². The van der Waals surface area contributed by atoms with Crippen molar-refractivity contribution in [2.75, 3.05) is 7.11 Å². The van der Waals surface area contributed by atoms with Crippen molar-refractivity contribution in [3.63, 3.8) is 0 Å². The Kier molecular flexibility index (Phi) is 3.39. The third-order valence-electron chi connectivity index (χ3n) is 3.85. The van der Waals surface area contributed by atoms with E-state index in [0.29, 0.717) is 30.4 Å². The summed E-state index contributed by atoms with van der Waals surface area (Å²) in [4.78, 5) is 12.1. The second kappa shape index (κ2) is 4.69. The summed E-state index contributed by atoms with van der Waals surface area (Å²) in [7, 11) is 1.32. The summed E-state index contributed by atoms with van der Waals surface area (Å²) < 4.78 is 18.5. The Labute approximate surface area is 106 Å². The molecule has 1 aromatic rings. The smallest absolute Gasteiger partial charge is 0.316 e. The average Bonchev–Trinajstić information content (AvgIpc) is 2.75. The Balaban J connectivity index is 2.54. The second-order valence-electron chi connectivity index (χ2n) is 4.88. The first-order chi connectivity index (χ1) is 8.51. The molecule has 1 fully saturated rings. The van der Waals surface area contributed by atoms with E-state index < -0.39 is 17.5 Å². The van der Waals surface area contributed by atoms with E-state index in [4.69, 9.17) is 4.74 Å². The quantitative estimate of drug-likeness (QED) is 0.820. The van der Waals surface area contributed by atoms with Crippen LogP contribution in [-0.4, -0.2) is 24.3 Å². The van der Waals surface area contributed by atoms with Crippen molar-refractivity contribution in [2.24, 2.45) is 0 Å². The molecule has 0 aliphatic heterocycles. The minimum absolute atomic E-state index is 0.296. The molecule has 1 unspecified atom stereocenters. The van der Waals surface area contributed by atoms with Gasteiger partial charge >= 0.3 is 5.97 Å². The first kappa shape index (κ1) is 13.0. The molecule has 4 heteroatoms. The Morgan fingerprint density at radius 3 is 2.83 bits per heavy atom. The highest BCUT2D eigenvalue weighted by atomic mass is 19.1. The number of benzene rings is 1. The van der Waals surface area contributed by atoms with Gasteiger partial charge in [-0.15, -0.1) is 0 Å². The monoisotopic (exact) mass is 252 g/mol. The molecule has 3 nitrogen and oxygen atoms in total. The lowest BCUT2D eigenvalue weighted by Gasteiger charge is -2.28. The predicted molar refractivity (Wildman–Crippen MR) is 64.7 cm³/mol. The summed E-state index contributed by atoms with van der Waals surface area (Å²) in [5, 5.41) is 9.73. The summed E-state index contributed by atoms with van der Waals surface area (Å²) in [5.41, 5.74) is 0.184. The number of ether oxygens (including phenoxy) is 1. The van der Waals surface area contributed by atoms with E-state index in [1.165, 1.54) is 13.2 Å². The molecule has 98 valence electrons. The molecule has 1 saturated carbocycles. The number of rotatable bonds is 2. The van der Waals surface area contributed by atoms with Gasteiger partial charge in [-0.1, -0.05) is 12.1 Å². The van der Waals surface area contributed by atoms with Gasteiger partial charge in [0.1, 0.15) is 5.82 Å². The summed E-state index contributed by atoms with van der Waals surface area (Å²) in [6, 6.07) is 4.70. The van der Waals surface area contributed by atoms with Crippen LogP contribution in [0, 0.1) is 12.7 Å². The number of halogens is 1. The summed E-state index contributed by atoms with van der Waals surface area (Å²) in [6.07, 6.45) is 0.784. The van der Waals surface area contributed by atoms with Crippen LogP contribution in [0.2, 0.25) is 0 Å². The first-order valence-electron chi connectivity index (χ1n) is 6.03. The molecular weight excluding hydrogens is 235 g/mol. The molecule has 18 heavy (non-hydrogen) atoms. The van der Waals surface area contributed by atoms with Crippen LogP contribution < -0.4 is 0 Å². The van der Waals surface area contributed by atoms with E-state index >= 15 is 0 Å². The number of aliphatic hydroxyl groups is 1. The van der Waals surface area contributed by atoms with Gasteiger partial charge in [0, 0.05) is 0 Å². The fourth-order valence-electron chi connectivity index (χ4n) is 2.88. The fraction of sp³-hybridized carbons (Fsp3) is 0.500. The second-order valence-corrected chi connectivity index (χ2v) is 4.88. The molecular formula is C14H17FO3. The van der Waals surface area contributed by atoms with Gasteiger partial charge in [-0.3, -0.25) is 4.79 Å². The zero-order valence-electron chi connectivity index (χ0n) is 10.6. The van der Waals surface area contributed by atoms with Crippen LogP contribution in [-0.2, 0) is 14.9 Å². The third-order valence-corrected chi connectivity index (χ3v) is 3.85. The Morgan fingerprint density at radius 2 is 2.28 bits per heavy atom. The van der Waals surface area contributed by atoms with Gasteiger partial charge in [0.25, 0.3) is 0 Å². The number of methoxy groups -OCH3 is 1. The molecule has 0 radical (unpaired) electrons. The van der Waals surface area contributed by atoms with Crippen molar-refractivity contribution in [2.45, 2.75) is 37.7 Å². The van der Waals surface area contributed by atoms with E-state index in [1.54, 1.807) is 19.1 Å². The van der Waals surface area contributed by atoms with Crippen LogP contribution in [0.25, 0.3) is 0 Å². The van der Waals surface area contributed by atoms with Crippen molar-refractivity contribution in [3.8, 4) is 0 Å². The molecule has 0 bridgehead atoms. The standard InChI is InChI=1S/C14H17FO3/c1-9-11(4-3-5-12(9)15)14(13(17)18-2)7-6-10(16)8-14/h3-5,10,16H,6-8H2,1-2H3/t10?,14-/m0/s1. The molecule has 2 atom stereocenters. The minimum Gasteiger partial charge on any atom is -0.468 e. The first-order valence-corrected chi connectivity index (χ1v) is 6.03. The molecule has 0 spiro atoms. The van der Waals surface area contributed by atoms with Crippen molar-refractivity contribution >= 4 is 5.97 Å². The van der Waals surface area contributed by atoms with Crippen LogP contribution in [0.1, 0.15) is 30.4 Å². The Morgan fingerprint density at radius 1 is 1.56 bits per heavy atom. The minimum atomic E-state index is -0.902. The van der Waals surface area contributed by atoms with Crippen molar-refractivity contribution in [1.29, 1.82) is 0 Å². The third kappa shape index (κ3) is 1.90. The fourth-order valence-corrected chi connectivity index (χ4v) is 2.88. The molecule has 1 aliphatic carbocycles. The van der Waals surface area contributed by atoms with E-state index in [1.807, 2.05) is 0 Å². The number of carbonyl (C=O) groups excluding carboxylic acids is 1. The van der Waals surface area contributed by atoms with Gasteiger partial charge < -0.3 is 9.84 Å². The van der Waals surface area contributed by atoms with Crippen LogP contribution in [0.5, 0.6) is 0 Å². The summed E-state index contributed by atoms with van der Waals surface area (Å²) >= 11 is 0. The molecule has 1 N–H and O–H groups in total. The summed E-state index contributed by atoms with van der Waals surface area (Å²) in [6.45, 7) is 1.65. The maximum absolute atomic E-state index is 13.7. The molecule has 2 rings (SSSR count). The SMILES string of the molecule is COC(=O)[C@@]1(c2cccc(F)c2C)CCC(O)C1. The molecule has 1 aliphatic rings. The van der Waals surface area contributed by atoms with E-state index in [0.717, 1.165) is 0 Å². The van der Waals surface area contributed by atoms with Crippen LogP contribution in [0.3, 0.4) is 0 Å². The summed E-state index contributed by atoms with van der Waals surface area (Å²) in [5.74, 6) is -0.732. The lowest BCUT2D eigenvalue weighted by atomic mass is 9.76. The Bertz CT molecular complexity index is 472. The molecule has 1 aromatic carbocycles. The number of hydrogen-bond acceptors (Lipinski definition) is 3. The molecule has 0 heterocycles. The number of esters is 1. The van der Waals surface area contributed by atoms with Gasteiger partial charge in [-0.05, 0) is 43.4 Å². The van der Waals surface area contributed by atoms with Gasteiger partial charge in [0.2, 0.25) is 0 Å².